The molecule has 0 amide bonds. The van der Waals surface area contributed by atoms with E-state index < -0.39 is 0 Å². The van der Waals surface area contributed by atoms with E-state index in [2.05, 4.69) is 20.9 Å². The Balaban J connectivity index is 2.06. The zero-order chi connectivity index (χ0) is 14.5. The third-order valence-corrected chi connectivity index (χ3v) is 4.00. The Bertz CT molecular complexity index is 612. The molecule has 0 atom stereocenters. The van der Waals surface area contributed by atoms with Crippen molar-refractivity contribution in [3.8, 4) is 5.75 Å². The summed E-state index contributed by atoms with van der Waals surface area (Å²) >= 11 is 4.85. The molecule has 2 rings (SSSR count). The second-order valence-electron chi connectivity index (χ2n) is 4.16. The summed E-state index contributed by atoms with van der Waals surface area (Å²) < 4.78 is 5.80. The van der Waals surface area contributed by atoms with Crippen LogP contribution in [0.1, 0.15) is 23.2 Å². The van der Waals surface area contributed by atoms with Crippen LogP contribution in [-0.4, -0.2) is 22.7 Å². The minimum Gasteiger partial charge on any atom is -0.508 e. The zero-order valence-corrected chi connectivity index (χ0v) is 13.3. The van der Waals surface area contributed by atoms with Gasteiger partial charge in [-0.25, -0.2) is 4.98 Å². The van der Waals surface area contributed by atoms with Crippen molar-refractivity contribution in [1.82, 2.24) is 4.98 Å². The number of halogens is 1. The van der Waals surface area contributed by atoms with Crippen LogP contribution in [0.15, 0.2) is 28.1 Å². The molecule has 2 aromatic rings. The van der Waals surface area contributed by atoms with Crippen molar-refractivity contribution >= 4 is 33.2 Å². The number of phenolic OH excluding ortho intramolecular Hbond substituents is 1. The van der Waals surface area contributed by atoms with E-state index >= 15 is 0 Å². The van der Waals surface area contributed by atoms with Crippen molar-refractivity contribution < 1.29 is 14.6 Å². The lowest BCUT2D eigenvalue weighted by Crippen LogP contribution is -2.07. The standard InChI is InChI=1S/C14H14BrNO3S/c1-2-19-14(18)7-11-8-20-13(16-11)6-9-5-10(15)3-4-12(9)17/h3-5,8,17H,2,6-7H2,1H3. The molecule has 6 heteroatoms. The number of benzene rings is 1. The molecular weight excluding hydrogens is 342 g/mol. The van der Waals surface area contributed by atoms with E-state index in [-0.39, 0.29) is 18.1 Å². The van der Waals surface area contributed by atoms with E-state index in [1.54, 1.807) is 19.1 Å². The quantitative estimate of drug-likeness (QED) is 0.835. The number of aromatic nitrogens is 1. The summed E-state index contributed by atoms with van der Waals surface area (Å²) in [5, 5.41) is 12.5. The molecule has 1 heterocycles. The summed E-state index contributed by atoms with van der Waals surface area (Å²) in [5.41, 5.74) is 1.51. The predicted molar refractivity (Wildman–Crippen MR) is 81.1 cm³/mol. The fraction of sp³-hybridized carbons (Fsp3) is 0.286. The normalized spacial score (nSPS) is 10.5. The second-order valence-corrected chi connectivity index (χ2v) is 6.02. The number of hydrogen-bond donors (Lipinski definition) is 1. The molecule has 0 unspecified atom stereocenters. The van der Waals surface area contributed by atoms with Crippen LogP contribution in [0.4, 0.5) is 0 Å². The fourth-order valence-electron chi connectivity index (χ4n) is 1.73. The van der Waals surface area contributed by atoms with Crippen LogP contribution in [0.2, 0.25) is 0 Å². The average molecular weight is 356 g/mol. The summed E-state index contributed by atoms with van der Waals surface area (Å²) in [6.45, 7) is 2.15. The Morgan fingerprint density at radius 1 is 1.50 bits per heavy atom. The molecule has 0 spiro atoms. The highest BCUT2D eigenvalue weighted by Gasteiger charge is 2.10. The number of aromatic hydroxyl groups is 1. The number of thiazole rings is 1. The maximum absolute atomic E-state index is 11.4. The van der Waals surface area contributed by atoms with Crippen LogP contribution in [0.25, 0.3) is 0 Å². The summed E-state index contributed by atoms with van der Waals surface area (Å²) in [7, 11) is 0. The van der Waals surface area contributed by atoms with Crippen molar-refractivity contribution in [3.05, 3.63) is 44.3 Å². The van der Waals surface area contributed by atoms with E-state index in [0.29, 0.717) is 18.7 Å². The van der Waals surface area contributed by atoms with Crippen LogP contribution in [0.5, 0.6) is 5.75 Å². The molecule has 1 aromatic carbocycles. The molecule has 0 radical (unpaired) electrons. The Hall–Kier alpha value is -1.40. The van der Waals surface area contributed by atoms with Crippen LogP contribution in [0, 0.1) is 0 Å². The lowest BCUT2D eigenvalue weighted by Gasteiger charge is -2.03. The molecule has 0 saturated heterocycles. The van der Waals surface area contributed by atoms with Gasteiger partial charge in [0.1, 0.15) is 5.75 Å². The Morgan fingerprint density at radius 3 is 3.05 bits per heavy atom. The van der Waals surface area contributed by atoms with Gasteiger partial charge < -0.3 is 9.84 Å². The molecule has 0 saturated carbocycles. The second kappa shape index (κ2) is 6.85. The van der Waals surface area contributed by atoms with Crippen LogP contribution < -0.4 is 0 Å². The van der Waals surface area contributed by atoms with Crippen molar-refractivity contribution in [2.24, 2.45) is 0 Å². The fourth-order valence-corrected chi connectivity index (χ4v) is 2.96. The minimum atomic E-state index is -0.269. The maximum atomic E-state index is 11.4. The molecule has 0 bridgehead atoms. The lowest BCUT2D eigenvalue weighted by molar-refractivity contribution is -0.142. The van der Waals surface area contributed by atoms with E-state index in [4.69, 9.17) is 4.74 Å². The number of esters is 1. The number of phenols is 1. The molecule has 106 valence electrons. The molecule has 1 aromatic heterocycles. The molecule has 0 aliphatic rings. The smallest absolute Gasteiger partial charge is 0.311 e. The highest BCUT2D eigenvalue weighted by atomic mass is 79.9. The van der Waals surface area contributed by atoms with E-state index in [1.807, 2.05) is 11.4 Å². The molecular formula is C14H14BrNO3S. The van der Waals surface area contributed by atoms with Crippen LogP contribution >= 0.6 is 27.3 Å². The first-order chi connectivity index (χ1) is 9.58. The number of hydrogen-bond acceptors (Lipinski definition) is 5. The zero-order valence-electron chi connectivity index (χ0n) is 10.9. The van der Waals surface area contributed by atoms with Gasteiger partial charge in [0, 0.05) is 21.8 Å². The summed E-state index contributed by atoms with van der Waals surface area (Å²) in [6, 6.07) is 5.29. The topological polar surface area (TPSA) is 59.4 Å². The van der Waals surface area contributed by atoms with Crippen LogP contribution in [-0.2, 0) is 22.4 Å². The van der Waals surface area contributed by atoms with Gasteiger partial charge in [0.05, 0.1) is 23.7 Å². The first-order valence-electron chi connectivity index (χ1n) is 6.14. The van der Waals surface area contributed by atoms with Crippen molar-refractivity contribution in [2.45, 2.75) is 19.8 Å². The third-order valence-electron chi connectivity index (χ3n) is 2.61. The number of carbonyl (C=O) groups is 1. The van der Waals surface area contributed by atoms with Gasteiger partial charge in [0.2, 0.25) is 0 Å². The maximum Gasteiger partial charge on any atom is 0.311 e. The van der Waals surface area contributed by atoms with Crippen molar-refractivity contribution in [3.63, 3.8) is 0 Å². The highest BCUT2D eigenvalue weighted by Crippen LogP contribution is 2.25. The summed E-state index contributed by atoms with van der Waals surface area (Å²) in [4.78, 5) is 15.8. The molecule has 0 aliphatic heterocycles. The molecule has 4 nitrogen and oxygen atoms in total. The van der Waals surface area contributed by atoms with E-state index in [9.17, 15) is 9.90 Å². The van der Waals surface area contributed by atoms with Gasteiger partial charge in [-0.2, -0.15) is 0 Å². The number of rotatable bonds is 5. The molecule has 1 N–H and O–H groups in total. The van der Waals surface area contributed by atoms with Gasteiger partial charge in [-0.05, 0) is 25.1 Å². The van der Waals surface area contributed by atoms with Gasteiger partial charge in [-0.3, -0.25) is 4.79 Å². The summed E-state index contributed by atoms with van der Waals surface area (Å²) in [6.07, 6.45) is 0.730. The van der Waals surface area contributed by atoms with Gasteiger partial charge >= 0.3 is 5.97 Å². The van der Waals surface area contributed by atoms with E-state index in [0.717, 1.165) is 15.0 Å². The lowest BCUT2D eigenvalue weighted by atomic mass is 10.1. The van der Waals surface area contributed by atoms with E-state index in [1.165, 1.54) is 11.3 Å². The number of nitrogens with zero attached hydrogens (tertiary/aromatic N) is 1. The van der Waals surface area contributed by atoms with Gasteiger partial charge in [-0.15, -0.1) is 11.3 Å². The molecule has 20 heavy (non-hydrogen) atoms. The first-order valence-corrected chi connectivity index (χ1v) is 7.82. The van der Waals surface area contributed by atoms with Gasteiger partial charge in [0.15, 0.2) is 0 Å². The predicted octanol–water partition coefficient (Wildman–Crippen LogP) is 3.31. The highest BCUT2D eigenvalue weighted by molar-refractivity contribution is 9.10. The third kappa shape index (κ3) is 4.05. The average Bonchev–Trinajstić information content (AvgIpc) is 2.81. The number of ether oxygens (including phenoxy) is 1. The largest absolute Gasteiger partial charge is 0.508 e. The molecule has 0 fully saturated rings. The van der Waals surface area contributed by atoms with Crippen molar-refractivity contribution in [2.75, 3.05) is 6.61 Å². The Labute approximate surface area is 129 Å². The SMILES string of the molecule is CCOC(=O)Cc1csc(Cc2cc(Br)ccc2O)n1. The van der Waals surface area contributed by atoms with Gasteiger partial charge in [0.25, 0.3) is 0 Å². The Kier molecular flexibility index (Phi) is 5.14. The minimum absolute atomic E-state index is 0.189. The molecule has 0 aliphatic carbocycles. The van der Waals surface area contributed by atoms with Gasteiger partial charge in [-0.1, -0.05) is 15.9 Å². The number of carbonyl (C=O) groups excluding carboxylic acids is 1. The van der Waals surface area contributed by atoms with Crippen LogP contribution in [0.3, 0.4) is 0 Å². The summed E-state index contributed by atoms with van der Waals surface area (Å²) in [5.74, 6) is -0.0232. The Morgan fingerprint density at radius 2 is 2.30 bits per heavy atom. The monoisotopic (exact) mass is 355 g/mol. The van der Waals surface area contributed by atoms with Crippen molar-refractivity contribution in [1.29, 1.82) is 0 Å². The first kappa shape index (κ1) is 15.0.